The van der Waals surface area contributed by atoms with Crippen LogP contribution < -0.4 is 4.74 Å². The van der Waals surface area contributed by atoms with Crippen molar-refractivity contribution in [3.05, 3.63) is 89.5 Å². The minimum Gasteiger partial charge on any atom is -0.497 e. The van der Waals surface area contributed by atoms with Gasteiger partial charge in [0.1, 0.15) is 11.5 Å². The summed E-state index contributed by atoms with van der Waals surface area (Å²) in [5.74, 6) is 1.03. The number of benzene rings is 3. The van der Waals surface area contributed by atoms with Gasteiger partial charge in [-0.3, -0.25) is 0 Å². The summed E-state index contributed by atoms with van der Waals surface area (Å²) in [6, 6.07) is 21.6. The SMILES string of the molecule is COc1ccc(/C=C2/C=C(c3cccc4ccccc34)OC2=O)cc1. The van der Waals surface area contributed by atoms with Gasteiger partial charge in [0.25, 0.3) is 0 Å². The van der Waals surface area contributed by atoms with E-state index in [1.54, 1.807) is 13.2 Å². The van der Waals surface area contributed by atoms with E-state index in [1.165, 1.54) is 0 Å². The first-order chi connectivity index (χ1) is 12.2. The summed E-state index contributed by atoms with van der Waals surface area (Å²) in [7, 11) is 1.63. The van der Waals surface area contributed by atoms with Crippen LogP contribution in [-0.2, 0) is 9.53 Å². The molecule has 0 aromatic heterocycles. The van der Waals surface area contributed by atoms with Gasteiger partial charge < -0.3 is 9.47 Å². The molecule has 0 fully saturated rings. The summed E-state index contributed by atoms with van der Waals surface area (Å²) in [6.07, 6.45) is 3.62. The number of fused-ring (bicyclic) bond motifs is 1. The summed E-state index contributed by atoms with van der Waals surface area (Å²) in [4.78, 5) is 12.3. The van der Waals surface area contributed by atoms with E-state index in [2.05, 4.69) is 0 Å². The number of esters is 1. The summed E-state index contributed by atoms with van der Waals surface area (Å²) in [5.41, 5.74) is 2.38. The average Bonchev–Trinajstić information content (AvgIpc) is 3.02. The predicted octanol–water partition coefficient (Wildman–Crippen LogP) is 4.83. The number of hydrogen-bond donors (Lipinski definition) is 0. The topological polar surface area (TPSA) is 35.5 Å². The van der Waals surface area contributed by atoms with Gasteiger partial charge in [-0.1, -0.05) is 54.6 Å². The van der Waals surface area contributed by atoms with Crippen LogP contribution in [0, 0.1) is 0 Å². The van der Waals surface area contributed by atoms with E-state index < -0.39 is 0 Å². The van der Waals surface area contributed by atoms with Gasteiger partial charge >= 0.3 is 5.97 Å². The molecule has 0 spiro atoms. The van der Waals surface area contributed by atoms with Crippen molar-refractivity contribution >= 4 is 28.6 Å². The molecule has 0 radical (unpaired) electrons. The van der Waals surface area contributed by atoms with Crippen LogP contribution in [0.5, 0.6) is 5.75 Å². The molecule has 0 saturated heterocycles. The molecular formula is C22H16O3. The molecule has 3 aromatic carbocycles. The highest BCUT2D eigenvalue weighted by Crippen LogP contribution is 2.32. The second-order valence-corrected chi connectivity index (χ2v) is 5.80. The Morgan fingerprint density at radius 1 is 0.920 bits per heavy atom. The van der Waals surface area contributed by atoms with Gasteiger partial charge in [-0.15, -0.1) is 0 Å². The summed E-state index contributed by atoms with van der Waals surface area (Å²) in [6.45, 7) is 0. The van der Waals surface area contributed by atoms with Crippen molar-refractivity contribution in [1.29, 1.82) is 0 Å². The molecule has 1 aliphatic rings. The molecule has 0 amide bonds. The van der Waals surface area contributed by atoms with E-state index in [-0.39, 0.29) is 5.97 Å². The lowest BCUT2D eigenvalue weighted by molar-refractivity contribution is -0.130. The maximum absolute atomic E-state index is 12.3. The van der Waals surface area contributed by atoms with Crippen molar-refractivity contribution in [2.45, 2.75) is 0 Å². The average molecular weight is 328 g/mol. The minimum absolute atomic E-state index is 0.334. The number of ether oxygens (including phenoxy) is 2. The molecule has 0 bridgehead atoms. The first kappa shape index (κ1) is 15.2. The van der Waals surface area contributed by atoms with E-state index in [0.717, 1.165) is 27.6 Å². The maximum atomic E-state index is 12.3. The number of cyclic esters (lactones) is 1. The highest BCUT2D eigenvalue weighted by atomic mass is 16.5. The molecule has 0 aliphatic carbocycles. The van der Waals surface area contributed by atoms with E-state index >= 15 is 0 Å². The Labute approximate surface area is 145 Å². The highest BCUT2D eigenvalue weighted by molar-refractivity contribution is 6.07. The number of carbonyl (C=O) groups is 1. The molecule has 0 unspecified atom stereocenters. The molecule has 0 atom stereocenters. The standard InChI is InChI=1S/C22H16O3/c1-24-18-11-9-15(10-12-18)13-17-14-21(25-22(17)23)20-8-4-6-16-5-2-3-7-19(16)20/h2-14H,1H3/b17-13-. The number of hydrogen-bond acceptors (Lipinski definition) is 3. The van der Waals surface area contributed by atoms with Gasteiger partial charge in [0, 0.05) is 5.56 Å². The van der Waals surface area contributed by atoms with Crippen molar-refractivity contribution in [3.63, 3.8) is 0 Å². The lowest BCUT2D eigenvalue weighted by Crippen LogP contribution is -1.97. The molecule has 3 heteroatoms. The lowest BCUT2D eigenvalue weighted by atomic mass is 10.0. The Bertz CT molecular complexity index is 1010. The molecule has 122 valence electrons. The first-order valence-electron chi connectivity index (χ1n) is 8.02. The molecule has 4 rings (SSSR count). The zero-order valence-corrected chi connectivity index (χ0v) is 13.7. The maximum Gasteiger partial charge on any atom is 0.343 e. The van der Waals surface area contributed by atoms with Crippen LogP contribution in [0.3, 0.4) is 0 Å². The fourth-order valence-corrected chi connectivity index (χ4v) is 2.94. The van der Waals surface area contributed by atoms with E-state index in [1.807, 2.05) is 72.8 Å². The molecule has 1 heterocycles. The zero-order chi connectivity index (χ0) is 17.2. The van der Waals surface area contributed by atoms with Crippen LogP contribution in [0.2, 0.25) is 0 Å². The van der Waals surface area contributed by atoms with Gasteiger partial charge in [-0.25, -0.2) is 4.79 Å². The smallest absolute Gasteiger partial charge is 0.343 e. The molecule has 25 heavy (non-hydrogen) atoms. The van der Waals surface area contributed by atoms with Crippen LogP contribution in [0.1, 0.15) is 11.1 Å². The highest BCUT2D eigenvalue weighted by Gasteiger charge is 2.23. The van der Waals surface area contributed by atoms with Gasteiger partial charge in [0.2, 0.25) is 0 Å². The summed E-state index contributed by atoms with van der Waals surface area (Å²) < 4.78 is 10.7. The van der Waals surface area contributed by atoms with Crippen LogP contribution in [0.25, 0.3) is 22.6 Å². The van der Waals surface area contributed by atoms with Crippen molar-refractivity contribution < 1.29 is 14.3 Å². The van der Waals surface area contributed by atoms with E-state index in [9.17, 15) is 4.79 Å². The van der Waals surface area contributed by atoms with Crippen molar-refractivity contribution in [1.82, 2.24) is 0 Å². The Kier molecular flexibility index (Phi) is 3.82. The van der Waals surface area contributed by atoms with E-state index in [4.69, 9.17) is 9.47 Å². The largest absolute Gasteiger partial charge is 0.497 e. The van der Waals surface area contributed by atoms with Crippen LogP contribution >= 0.6 is 0 Å². The van der Waals surface area contributed by atoms with Crippen LogP contribution in [-0.4, -0.2) is 13.1 Å². The minimum atomic E-state index is -0.334. The van der Waals surface area contributed by atoms with Gasteiger partial charge in [-0.2, -0.15) is 0 Å². The monoisotopic (exact) mass is 328 g/mol. The van der Waals surface area contributed by atoms with Crippen molar-refractivity contribution in [2.24, 2.45) is 0 Å². The third kappa shape index (κ3) is 2.92. The Morgan fingerprint density at radius 2 is 1.68 bits per heavy atom. The molecule has 3 aromatic rings. The van der Waals surface area contributed by atoms with Crippen molar-refractivity contribution in [3.8, 4) is 5.75 Å². The van der Waals surface area contributed by atoms with Crippen molar-refractivity contribution in [2.75, 3.05) is 7.11 Å². The van der Waals surface area contributed by atoms with Gasteiger partial charge in [0.15, 0.2) is 0 Å². The second-order valence-electron chi connectivity index (χ2n) is 5.80. The number of carbonyl (C=O) groups excluding carboxylic acids is 1. The van der Waals surface area contributed by atoms with E-state index in [0.29, 0.717) is 11.3 Å². The fourth-order valence-electron chi connectivity index (χ4n) is 2.94. The van der Waals surface area contributed by atoms with Crippen LogP contribution in [0.15, 0.2) is 78.4 Å². The predicted molar refractivity (Wildman–Crippen MR) is 99.0 cm³/mol. The number of rotatable bonds is 3. The third-order valence-electron chi connectivity index (χ3n) is 4.22. The molecule has 1 aliphatic heterocycles. The van der Waals surface area contributed by atoms with Gasteiger partial charge in [-0.05, 0) is 40.6 Å². The fraction of sp³-hybridized carbons (Fsp3) is 0.0455. The Hall–Kier alpha value is -3.33. The van der Waals surface area contributed by atoms with Crippen LogP contribution in [0.4, 0.5) is 0 Å². The number of methoxy groups -OCH3 is 1. The quantitative estimate of drug-likeness (QED) is 0.510. The summed E-state index contributed by atoms with van der Waals surface area (Å²) >= 11 is 0. The molecule has 3 nitrogen and oxygen atoms in total. The molecule has 0 saturated carbocycles. The lowest BCUT2D eigenvalue weighted by Gasteiger charge is -2.06. The Balaban J connectivity index is 1.73. The first-order valence-corrected chi connectivity index (χ1v) is 8.02. The normalized spacial score (nSPS) is 15.3. The molecular weight excluding hydrogens is 312 g/mol. The van der Waals surface area contributed by atoms with Gasteiger partial charge in [0.05, 0.1) is 12.7 Å². The Morgan fingerprint density at radius 3 is 2.48 bits per heavy atom. The molecule has 0 N–H and O–H groups in total. The summed E-state index contributed by atoms with van der Waals surface area (Å²) in [5, 5.41) is 2.18. The second kappa shape index (κ2) is 6.29. The third-order valence-corrected chi connectivity index (χ3v) is 4.22. The zero-order valence-electron chi connectivity index (χ0n) is 13.7.